The molecule has 0 bridgehead atoms. The summed E-state index contributed by atoms with van der Waals surface area (Å²) in [5, 5.41) is 1.86. The van der Waals surface area contributed by atoms with Crippen LogP contribution in [0.3, 0.4) is 0 Å². The second-order valence-electron chi connectivity index (χ2n) is 4.13. The van der Waals surface area contributed by atoms with Crippen LogP contribution >= 0.6 is 27.3 Å². The lowest BCUT2D eigenvalue weighted by Crippen LogP contribution is -2.48. The third-order valence-corrected chi connectivity index (χ3v) is 4.87. The van der Waals surface area contributed by atoms with Crippen LogP contribution in [-0.4, -0.2) is 36.5 Å². The average Bonchev–Trinajstić information content (AvgIpc) is 2.83. The monoisotopic (exact) mass is 331 g/mol. The van der Waals surface area contributed by atoms with Crippen LogP contribution < -0.4 is 0 Å². The van der Waals surface area contributed by atoms with E-state index in [0.29, 0.717) is 17.8 Å². The average molecular weight is 332 g/mol. The number of halogens is 1. The minimum Gasteiger partial charge on any atom is -0.467 e. The van der Waals surface area contributed by atoms with Crippen molar-refractivity contribution in [3.05, 3.63) is 20.8 Å². The van der Waals surface area contributed by atoms with Gasteiger partial charge in [0.25, 0.3) is 5.91 Å². The maximum absolute atomic E-state index is 12.4. The van der Waals surface area contributed by atoms with Crippen LogP contribution in [-0.2, 0) is 9.53 Å². The van der Waals surface area contributed by atoms with E-state index in [1.54, 1.807) is 4.90 Å². The molecule has 0 aromatic carbocycles. The first-order chi connectivity index (χ1) is 8.65. The maximum Gasteiger partial charge on any atom is 0.328 e. The summed E-state index contributed by atoms with van der Waals surface area (Å²) in [6.07, 6.45) is 2.57. The van der Waals surface area contributed by atoms with Crippen molar-refractivity contribution >= 4 is 39.1 Å². The van der Waals surface area contributed by atoms with Gasteiger partial charge in [0.05, 0.1) is 7.11 Å². The van der Waals surface area contributed by atoms with E-state index in [1.165, 1.54) is 18.4 Å². The largest absolute Gasteiger partial charge is 0.467 e. The van der Waals surface area contributed by atoms with E-state index in [0.717, 1.165) is 17.3 Å². The molecule has 1 aromatic heterocycles. The van der Waals surface area contributed by atoms with E-state index in [9.17, 15) is 9.59 Å². The Morgan fingerprint density at radius 3 is 2.89 bits per heavy atom. The van der Waals surface area contributed by atoms with Crippen LogP contribution in [0.25, 0.3) is 0 Å². The molecule has 0 aliphatic carbocycles. The number of rotatable bonds is 2. The molecule has 6 heteroatoms. The predicted octanol–water partition coefficient (Wildman–Crippen LogP) is 2.68. The molecule has 0 spiro atoms. The minimum atomic E-state index is -0.440. The molecule has 1 unspecified atom stereocenters. The Hall–Kier alpha value is -0.880. The standard InChI is InChI=1S/C12H14BrNO3S/c1-17-12(16)9-4-2-3-6-14(9)11(15)10-8(13)5-7-18-10/h5,7,9H,2-4,6H2,1H3. The molecule has 2 heterocycles. The van der Waals surface area contributed by atoms with Gasteiger partial charge in [-0.05, 0) is 46.6 Å². The van der Waals surface area contributed by atoms with E-state index < -0.39 is 6.04 Å². The summed E-state index contributed by atoms with van der Waals surface area (Å²) in [7, 11) is 1.36. The molecule has 18 heavy (non-hydrogen) atoms. The first-order valence-corrected chi connectivity index (χ1v) is 7.44. The molecule has 1 fully saturated rings. The van der Waals surface area contributed by atoms with Gasteiger partial charge in [0.15, 0.2) is 0 Å². The van der Waals surface area contributed by atoms with Crippen LogP contribution in [0.15, 0.2) is 15.9 Å². The molecule has 1 atom stereocenters. The second-order valence-corrected chi connectivity index (χ2v) is 5.90. The quantitative estimate of drug-likeness (QED) is 0.783. The van der Waals surface area contributed by atoms with Gasteiger partial charge >= 0.3 is 5.97 Å². The molecule has 98 valence electrons. The molecule has 0 saturated carbocycles. The number of nitrogens with zero attached hydrogens (tertiary/aromatic N) is 1. The van der Waals surface area contributed by atoms with Crippen molar-refractivity contribution in [2.24, 2.45) is 0 Å². The summed E-state index contributed by atoms with van der Waals surface area (Å²) in [5.41, 5.74) is 0. The minimum absolute atomic E-state index is 0.0908. The first-order valence-electron chi connectivity index (χ1n) is 5.77. The van der Waals surface area contributed by atoms with Gasteiger partial charge in [-0.15, -0.1) is 11.3 Å². The number of amides is 1. The van der Waals surface area contributed by atoms with E-state index in [4.69, 9.17) is 4.74 Å². The maximum atomic E-state index is 12.4. The Labute approximate surface area is 118 Å². The van der Waals surface area contributed by atoms with Gasteiger partial charge in [0, 0.05) is 11.0 Å². The van der Waals surface area contributed by atoms with E-state index >= 15 is 0 Å². The van der Waals surface area contributed by atoms with Gasteiger partial charge in [0.2, 0.25) is 0 Å². The molecule has 2 rings (SSSR count). The topological polar surface area (TPSA) is 46.6 Å². The van der Waals surface area contributed by atoms with Gasteiger partial charge in [-0.25, -0.2) is 4.79 Å². The van der Waals surface area contributed by atoms with Crippen molar-refractivity contribution < 1.29 is 14.3 Å². The number of hydrogen-bond acceptors (Lipinski definition) is 4. The van der Waals surface area contributed by atoms with Gasteiger partial charge in [0.1, 0.15) is 10.9 Å². The molecule has 1 aromatic rings. The lowest BCUT2D eigenvalue weighted by atomic mass is 10.0. The summed E-state index contributed by atoms with van der Waals surface area (Å²) < 4.78 is 5.56. The Balaban J connectivity index is 2.21. The Bertz CT molecular complexity index is 460. The molecule has 0 radical (unpaired) electrons. The Morgan fingerprint density at radius 2 is 2.28 bits per heavy atom. The number of carbonyl (C=O) groups excluding carboxylic acids is 2. The van der Waals surface area contributed by atoms with Crippen molar-refractivity contribution in [2.45, 2.75) is 25.3 Å². The molecular weight excluding hydrogens is 318 g/mol. The predicted molar refractivity (Wildman–Crippen MR) is 72.7 cm³/mol. The van der Waals surface area contributed by atoms with Crippen molar-refractivity contribution in [1.82, 2.24) is 4.90 Å². The SMILES string of the molecule is COC(=O)C1CCCCN1C(=O)c1sccc1Br. The smallest absolute Gasteiger partial charge is 0.328 e. The third kappa shape index (κ3) is 2.59. The van der Waals surface area contributed by atoms with Gasteiger partial charge < -0.3 is 9.64 Å². The summed E-state index contributed by atoms with van der Waals surface area (Å²) in [6, 6.07) is 1.40. The number of methoxy groups -OCH3 is 1. The van der Waals surface area contributed by atoms with Crippen molar-refractivity contribution in [3.63, 3.8) is 0 Å². The zero-order valence-electron chi connectivity index (χ0n) is 10.0. The van der Waals surface area contributed by atoms with Gasteiger partial charge in [-0.2, -0.15) is 0 Å². The zero-order valence-corrected chi connectivity index (χ0v) is 12.4. The highest BCUT2D eigenvalue weighted by atomic mass is 79.9. The molecule has 1 saturated heterocycles. The van der Waals surface area contributed by atoms with Crippen LogP contribution in [0.4, 0.5) is 0 Å². The molecule has 1 amide bonds. The number of piperidine rings is 1. The van der Waals surface area contributed by atoms with Crippen LogP contribution in [0, 0.1) is 0 Å². The van der Waals surface area contributed by atoms with E-state index in [-0.39, 0.29) is 11.9 Å². The Kier molecular flexibility index (Phi) is 4.40. The second kappa shape index (κ2) is 5.84. The van der Waals surface area contributed by atoms with Crippen molar-refractivity contribution in [3.8, 4) is 0 Å². The fourth-order valence-electron chi connectivity index (χ4n) is 2.13. The molecular formula is C12H14BrNO3S. The Morgan fingerprint density at radius 1 is 1.50 bits per heavy atom. The molecule has 0 N–H and O–H groups in total. The number of esters is 1. The first kappa shape index (κ1) is 13.5. The molecule has 1 aliphatic rings. The normalized spacial score (nSPS) is 19.7. The fraction of sp³-hybridized carbons (Fsp3) is 0.500. The highest BCUT2D eigenvalue weighted by Crippen LogP contribution is 2.27. The van der Waals surface area contributed by atoms with Crippen molar-refractivity contribution in [1.29, 1.82) is 0 Å². The number of likely N-dealkylation sites (tertiary alicyclic amines) is 1. The summed E-state index contributed by atoms with van der Waals surface area (Å²) in [5.74, 6) is -0.414. The van der Waals surface area contributed by atoms with Gasteiger partial charge in [-0.1, -0.05) is 0 Å². The lowest BCUT2D eigenvalue weighted by molar-refractivity contribution is -0.147. The zero-order chi connectivity index (χ0) is 13.1. The summed E-state index contributed by atoms with van der Waals surface area (Å²) in [4.78, 5) is 26.4. The summed E-state index contributed by atoms with van der Waals surface area (Å²) >= 11 is 4.74. The molecule has 4 nitrogen and oxygen atoms in total. The molecule has 1 aliphatic heterocycles. The number of carbonyl (C=O) groups is 2. The number of hydrogen-bond donors (Lipinski definition) is 0. The van der Waals surface area contributed by atoms with Crippen molar-refractivity contribution in [2.75, 3.05) is 13.7 Å². The third-order valence-electron chi connectivity index (χ3n) is 3.05. The van der Waals surface area contributed by atoms with Crippen LogP contribution in [0.1, 0.15) is 28.9 Å². The number of ether oxygens (including phenoxy) is 1. The van der Waals surface area contributed by atoms with E-state index in [1.807, 2.05) is 11.4 Å². The fourth-order valence-corrected chi connectivity index (χ4v) is 3.63. The summed E-state index contributed by atoms with van der Waals surface area (Å²) in [6.45, 7) is 0.614. The highest BCUT2D eigenvalue weighted by Gasteiger charge is 2.34. The number of thiophene rings is 1. The van der Waals surface area contributed by atoms with E-state index in [2.05, 4.69) is 15.9 Å². The highest BCUT2D eigenvalue weighted by molar-refractivity contribution is 9.10. The van der Waals surface area contributed by atoms with Gasteiger partial charge in [-0.3, -0.25) is 4.79 Å². The van der Waals surface area contributed by atoms with Crippen LogP contribution in [0.2, 0.25) is 0 Å². The van der Waals surface area contributed by atoms with Crippen LogP contribution in [0.5, 0.6) is 0 Å². The lowest BCUT2D eigenvalue weighted by Gasteiger charge is -2.33.